The highest BCUT2D eigenvalue weighted by Crippen LogP contribution is 2.32. The van der Waals surface area contributed by atoms with Gasteiger partial charge in [-0.1, -0.05) is 45.0 Å². The van der Waals surface area contributed by atoms with Crippen LogP contribution in [0.4, 0.5) is 11.6 Å². The van der Waals surface area contributed by atoms with Gasteiger partial charge in [-0.3, -0.25) is 9.78 Å². The van der Waals surface area contributed by atoms with E-state index in [4.69, 9.17) is 9.47 Å². The number of carbonyl (C=O) groups is 1. The zero-order chi connectivity index (χ0) is 34.1. The van der Waals surface area contributed by atoms with Gasteiger partial charge in [0.15, 0.2) is 0 Å². The molecule has 0 saturated carbocycles. The lowest BCUT2D eigenvalue weighted by Crippen LogP contribution is -2.45. The predicted molar refractivity (Wildman–Crippen MR) is 185 cm³/mol. The number of anilines is 2. The molecule has 11 nitrogen and oxygen atoms in total. The van der Waals surface area contributed by atoms with Gasteiger partial charge in [0, 0.05) is 42.2 Å². The molecule has 1 N–H and O–H groups in total. The fourth-order valence-corrected chi connectivity index (χ4v) is 7.28. The van der Waals surface area contributed by atoms with Crippen LogP contribution in [0.25, 0.3) is 11.3 Å². The van der Waals surface area contributed by atoms with E-state index < -0.39 is 16.1 Å². The molecule has 6 rings (SSSR count). The summed E-state index contributed by atoms with van der Waals surface area (Å²) in [4.78, 5) is 32.2. The quantitative estimate of drug-likeness (QED) is 0.287. The van der Waals surface area contributed by atoms with E-state index in [1.165, 1.54) is 12.1 Å². The fourth-order valence-electron chi connectivity index (χ4n) is 6.29. The minimum Gasteiger partial charge on any atom is -0.475 e. The molecule has 48 heavy (non-hydrogen) atoms. The molecule has 2 aromatic heterocycles. The molecule has 0 aliphatic carbocycles. The molecule has 1 saturated heterocycles. The number of rotatable bonds is 5. The van der Waals surface area contributed by atoms with E-state index >= 15 is 0 Å². The SMILES string of the molecule is Cc1cccc(C)c1-c1cc2nc(n1)NS(=O)(=O)c1cccc(c1)C(=O)N(Cc1cc(N3CCOCC3)ccn1)[C@H](CC(C)(C)C)CO2. The maximum absolute atomic E-state index is 14.5. The first-order valence-electron chi connectivity index (χ1n) is 16.2. The summed E-state index contributed by atoms with van der Waals surface area (Å²) in [5.41, 5.74) is 5.13. The molecule has 0 radical (unpaired) electrons. The second-order valence-corrected chi connectivity index (χ2v) is 15.3. The summed E-state index contributed by atoms with van der Waals surface area (Å²) in [5.74, 6) is -0.240. The molecule has 2 aliphatic rings. The topological polar surface area (TPSA) is 127 Å². The minimum absolute atomic E-state index is 0.0732. The molecular weight excluding hydrogens is 629 g/mol. The third kappa shape index (κ3) is 7.60. The van der Waals surface area contributed by atoms with Crippen molar-refractivity contribution in [2.75, 3.05) is 42.5 Å². The number of ether oxygens (including phenoxy) is 2. The summed E-state index contributed by atoms with van der Waals surface area (Å²) >= 11 is 0. The van der Waals surface area contributed by atoms with Gasteiger partial charge in [-0.05, 0) is 67.1 Å². The lowest BCUT2D eigenvalue weighted by molar-refractivity contribution is 0.0509. The van der Waals surface area contributed by atoms with Crippen molar-refractivity contribution in [1.82, 2.24) is 19.9 Å². The number of benzene rings is 2. The van der Waals surface area contributed by atoms with Gasteiger partial charge in [0.1, 0.15) is 6.61 Å². The average molecular weight is 671 g/mol. The molecule has 12 heteroatoms. The fraction of sp³-hybridized carbons (Fsp3) is 0.389. The number of nitrogens with zero attached hydrogens (tertiary/aromatic N) is 5. The first-order chi connectivity index (χ1) is 22.9. The highest BCUT2D eigenvalue weighted by Gasteiger charge is 2.32. The van der Waals surface area contributed by atoms with Crippen LogP contribution in [0.5, 0.6) is 5.88 Å². The Balaban J connectivity index is 1.46. The number of aryl methyl sites for hydroxylation is 2. The Morgan fingerprint density at radius 2 is 1.69 bits per heavy atom. The molecule has 4 bridgehead atoms. The molecule has 1 amide bonds. The van der Waals surface area contributed by atoms with Crippen LogP contribution in [0.15, 0.2) is 71.8 Å². The Hall–Kier alpha value is -4.55. The minimum atomic E-state index is -4.17. The van der Waals surface area contributed by atoms with Gasteiger partial charge < -0.3 is 19.3 Å². The summed E-state index contributed by atoms with van der Waals surface area (Å²) in [6.07, 6.45) is 2.36. The molecule has 4 aromatic rings. The summed E-state index contributed by atoms with van der Waals surface area (Å²) in [6.45, 7) is 13.5. The van der Waals surface area contributed by atoms with E-state index in [-0.39, 0.29) is 46.8 Å². The first-order valence-corrected chi connectivity index (χ1v) is 17.6. The molecule has 1 atom stereocenters. The Morgan fingerprint density at radius 3 is 2.42 bits per heavy atom. The van der Waals surface area contributed by atoms with E-state index in [1.807, 2.05) is 44.2 Å². The van der Waals surface area contributed by atoms with Gasteiger partial charge in [-0.25, -0.2) is 18.1 Å². The summed E-state index contributed by atoms with van der Waals surface area (Å²) in [6, 6.07) is 17.3. The average Bonchev–Trinajstić information content (AvgIpc) is 3.05. The molecule has 2 aliphatic heterocycles. The number of aromatic nitrogens is 3. The monoisotopic (exact) mass is 670 g/mol. The van der Waals surface area contributed by atoms with Crippen molar-refractivity contribution in [2.24, 2.45) is 5.41 Å². The summed E-state index contributed by atoms with van der Waals surface area (Å²) < 4.78 is 41.9. The van der Waals surface area contributed by atoms with Crippen LogP contribution in [-0.2, 0) is 21.3 Å². The van der Waals surface area contributed by atoms with Crippen molar-refractivity contribution in [3.8, 4) is 17.1 Å². The van der Waals surface area contributed by atoms with E-state index in [0.717, 1.165) is 35.5 Å². The number of morpholine rings is 1. The van der Waals surface area contributed by atoms with Crippen LogP contribution in [0.2, 0.25) is 0 Å². The third-order valence-corrected chi connectivity index (χ3v) is 9.86. The number of pyridine rings is 1. The number of carbonyl (C=O) groups excluding carboxylic acids is 1. The smallest absolute Gasteiger partial charge is 0.264 e. The molecule has 4 heterocycles. The number of hydrogen-bond donors (Lipinski definition) is 1. The van der Waals surface area contributed by atoms with Crippen molar-refractivity contribution in [3.05, 3.63) is 89.2 Å². The predicted octanol–water partition coefficient (Wildman–Crippen LogP) is 5.63. The lowest BCUT2D eigenvalue weighted by Gasteiger charge is -2.36. The summed E-state index contributed by atoms with van der Waals surface area (Å²) in [5, 5.41) is 0. The van der Waals surface area contributed by atoms with Gasteiger partial charge in [-0.2, -0.15) is 4.98 Å². The zero-order valence-electron chi connectivity index (χ0n) is 28.1. The van der Waals surface area contributed by atoms with Crippen molar-refractivity contribution in [3.63, 3.8) is 0 Å². The van der Waals surface area contributed by atoms with Crippen molar-refractivity contribution >= 4 is 27.6 Å². The molecule has 1 fully saturated rings. The molecule has 0 spiro atoms. The number of nitrogens with one attached hydrogen (secondary N) is 1. The number of amides is 1. The number of fused-ring (bicyclic) bond motifs is 4. The van der Waals surface area contributed by atoms with Crippen LogP contribution in [0.3, 0.4) is 0 Å². The maximum Gasteiger partial charge on any atom is 0.264 e. The van der Waals surface area contributed by atoms with E-state index in [9.17, 15) is 13.2 Å². The van der Waals surface area contributed by atoms with Crippen LogP contribution < -0.4 is 14.4 Å². The van der Waals surface area contributed by atoms with Crippen molar-refractivity contribution < 1.29 is 22.7 Å². The van der Waals surface area contributed by atoms with E-state index in [2.05, 4.69) is 45.3 Å². The molecular formula is C36H42N6O5S. The Labute approximate surface area is 282 Å². The second-order valence-electron chi connectivity index (χ2n) is 13.6. The maximum atomic E-state index is 14.5. The highest BCUT2D eigenvalue weighted by atomic mass is 32.2. The van der Waals surface area contributed by atoms with Crippen LogP contribution >= 0.6 is 0 Å². The summed E-state index contributed by atoms with van der Waals surface area (Å²) in [7, 11) is -4.17. The van der Waals surface area contributed by atoms with Crippen LogP contribution in [0, 0.1) is 19.3 Å². The van der Waals surface area contributed by atoms with Crippen molar-refractivity contribution in [1.29, 1.82) is 0 Å². The zero-order valence-corrected chi connectivity index (χ0v) is 28.9. The van der Waals surface area contributed by atoms with Gasteiger partial charge in [0.05, 0.1) is 42.1 Å². The van der Waals surface area contributed by atoms with Gasteiger partial charge in [-0.15, -0.1) is 0 Å². The normalized spacial score (nSPS) is 18.2. The van der Waals surface area contributed by atoms with Crippen molar-refractivity contribution in [2.45, 2.75) is 58.5 Å². The Kier molecular flexibility index (Phi) is 9.39. The lowest BCUT2D eigenvalue weighted by atomic mass is 9.87. The Bertz CT molecular complexity index is 1900. The molecule has 0 unspecified atom stereocenters. The van der Waals surface area contributed by atoms with Crippen LogP contribution in [-0.4, -0.2) is 73.1 Å². The largest absolute Gasteiger partial charge is 0.475 e. The first kappa shape index (κ1) is 33.4. The van der Waals surface area contributed by atoms with Gasteiger partial charge in [0.25, 0.3) is 15.9 Å². The third-order valence-electron chi connectivity index (χ3n) is 8.54. The van der Waals surface area contributed by atoms with E-state index in [1.54, 1.807) is 29.3 Å². The second kappa shape index (κ2) is 13.5. The van der Waals surface area contributed by atoms with Crippen LogP contribution in [0.1, 0.15) is 54.4 Å². The molecule has 2 aromatic carbocycles. The standard InChI is InChI=1S/C36H42N6O5S/c1-24-8-6-9-25(2)33(24)31-20-32-39-35(38-31)40-48(44,45)30-11-7-10-26(18-30)34(43)42(29(23-47-32)21-36(3,4)5)22-27-19-28(12-13-37-27)41-14-16-46-17-15-41/h6-13,18-20,29H,14-17,21-23H2,1-5H3,(H,38,39,40)/t29-/m1/s1. The molecule has 252 valence electrons. The number of hydrogen-bond acceptors (Lipinski definition) is 9. The highest BCUT2D eigenvalue weighted by molar-refractivity contribution is 7.92. The van der Waals surface area contributed by atoms with Gasteiger partial charge in [0.2, 0.25) is 11.8 Å². The number of sulfonamides is 1. The van der Waals surface area contributed by atoms with E-state index in [0.29, 0.717) is 31.0 Å². The van der Waals surface area contributed by atoms with Gasteiger partial charge >= 0.3 is 0 Å². The Morgan fingerprint density at radius 1 is 0.958 bits per heavy atom.